The first-order valence-electron chi connectivity index (χ1n) is 20.8. The van der Waals surface area contributed by atoms with Crippen LogP contribution in [0.2, 0.25) is 0 Å². The SMILES string of the molecule is CC/C=C\C/C=C\C/C=C\C/C=C\C/C=C\C/C=C\C/C=C\CCCC(=O)NC(CO)C(O)CCCCCCCCCCCCCCCCC. The van der Waals surface area contributed by atoms with Gasteiger partial charge in [0, 0.05) is 6.42 Å². The maximum Gasteiger partial charge on any atom is 0.220 e. The summed E-state index contributed by atoms with van der Waals surface area (Å²) in [7, 11) is 0. The maximum atomic E-state index is 12.4. The van der Waals surface area contributed by atoms with Crippen LogP contribution in [0, 0.1) is 0 Å². The second-order valence-electron chi connectivity index (χ2n) is 13.7. The van der Waals surface area contributed by atoms with Crippen LogP contribution in [0.4, 0.5) is 0 Å². The standard InChI is InChI=1S/C46H79NO3/c1-3-5-7-9-11-13-15-17-19-20-21-22-23-24-25-26-28-30-32-34-36-38-40-42-46(50)47-44(43-48)45(49)41-39-37-35-33-31-29-27-18-16-14-12-10-8-6-4-2/h5,7,11,13,17,19,21-22,24-25,28,30,34,36,44-45,48-49H,3-4,6,8-10,12,14-16,18,20,23,26-27,29,31-33,35,37-43H2,1-2H3,(H,47,50)/b7-5-,13-11-,19-17-,22-21-,25-24-,30-28-,36-34-. The molecule has 50 heavy (non-hydrogen) atoms. The summed E-state index contributed by atoms with van der Waals surface area (Å²) in [6, 6.07) is -0.571. The van der Waals surface area contributed by atoms with Crippen LogP contribution >= 0.6 is 0 Å². The van der Waals surface area contributed by atoms with Gasteiger partial charge in [0.2, 0.25) is 5.91 Å². The average Bonchev–Trinajstić information content (AvgIpc) is 3.12. The van der Waals surface area contributed by atoms with Gasteiger partial charge in [-0.2, -0.15) is 0 Å². The third kappa shape index (κ3) is 36.8. The van der Waals surface area contributed by atoms with Gasteiger partial charge in [-0.3, -0.25) is 4.79 Å². The quantitative estimate of drug-likeness (QED) is 0.0452. The van der Waals surface area contributed by atoms with E-state index >= 15 is 0 Å². The van der Waals surface area contributed by atoms with Crippen LogP contribution in [0.25, 0.3) is 0 Å². The first-order valence-corrected chi connectivity index (χ1v) is 20.8. The molecule has 0 aliphatic heterocycles. The van der Waals surface area contributed by atoms with Crippen molar-refractivity contribution in [1.29, 1.82) is 0 Å². The van der Waals surface area contributed by atoms with E-state index in [4.69, 9.17) is 0 Å². The molecule has 0 aliphatic rings. The van der Waals surface area contributed by atoms with Crippen LogP contribution in [0.5, 0.6) is 0 Å². The number of rotatable bonds is 36. The molecule has 0 saturated heterocycles. The smallest absolute Gasteiger partial charge is 0.220 e. The van der Waals surface area contributed by atoms with E-state index in [0.29, 0.717) is 12.8 Å². The van der Waals surface area contributed by atoms with Crippen LogP contribution in [0.1, 0.15) is 181 Å². The molecule has 2 atom stereocenters. The molecular weight excluding hydrogens is 615 g/mol. The summed E-state index contributed by atoms with van der Waals surface area (Å²) in [5.74, 6) is -0.0926. The molecule has 0 saturated carbocycles. The fraction of sp³-hybridized carbons (Fsp3) is 0.674. The van der Waals surface area contributed by atoms with E-state index in [9.17, 15) is 15.0 Å². The summed E-state index contributed by atoms with van der Waals surface area (Å²) >= 11 is 0. The first kappa shape index (κ1) is 47.6. The van der Waals surface area contributed by atoms with Crippen molar-refractivity contribution in [2.45, 2.75) is 193 Å². The Hall–Kier alpha value is -2.43. The van der Waals surface area contributed by atoms with Crippen LogP contribution in [-0.2, 0) is 4.79 Å². The fourth-order valence-corrected chi connectivity index (χ4v) is 5.76. The summed E-state index contributed by atoms with van der Waals surface area (Å²) in [5, 5.41) is 23.1. The molecule has 0 radical (unpaired) electrons. The van der Waals surface area contributed by atoms with Crippen LogP contribution in [-0.4, -0.2) is 34.9 Å². The molecule has 0 aromatic heterocycles. The Bertz CT molecular complexity index is 926. The highest BCUT2D eigenvalue weighted by Crippen LogP contribution is 2.15. The minimum absolute atomic E-state index is 0.0926. The molecule has 286 valence electrons. The van der Waals surface area contributed by atoms with E-state index in [0.717, 1.165) is 70.6 Å². The van der Waals surface area contributed by atoms with Gasteiger partial charge < -0.3 is 15.5 Å². The van der Waals surface area contributed by atoms with E-state index in [1.165, 1.54) is 83.5 Å². The third-order valence-electron chi connectivity index (χ3n) is 8.92. The lowest BCUT2D eigenvalue weighted by Crippen LogP contribution is -2.45. The zero-order valence-electron chi connectivity index (χ0n) is 32.6. The van der Waals surface area contributed by atoms with Gasteiger partial charge in [0.25, 0.3) is 0 Å². The highest BCUT2D eigenvalue weighted by Gasteiger charge is 2.19. The summed E-state index contributed by atoms with van der Waals surface area (Å²) in [5.41, 5.74) is 0. The molecule has 3 N–H and O–H groups in total. The summed E-state index contributed by atoms with van der Waals surface area (Å²) in [6.07, 6.45) is 59.4. The topological polar surface area (TPSA) is 69.6 Å². The van der Waals surface area contributed by atoms with Crippen LogP contribution < -0.4 is 5.32 Å². The van der Waals surface area contributed by atoms with Crippen molar-refractivity contribution in [3.05, 3.63) is 85.1 Å². The number of aliphatic hydroxyl groups excluding tert-OH is 2. The lowest BCUT2D eigenvalue weighted by molar-refractivity contribution is -0.123. The zero-order valence-corrected chi connectivity index (χ0v) is 32.6. The Balaban J connectivity index is 3.72. The van der Waals surface area contributed by atoms with E-state index in [2.05, 4.69) is 104 Å². The largest absolute Gasteiger partial charge is 0.394 e. The van der Waals surface area contributed by atoms with Gasteiger partial charge in [0.1, 0.15) is 0 Å². The van der Waals surface area contributed by atoms with Crippen molar-refractivity contribution >= 4 is 5.91 Å². The number of nitrogens with one attached hydrogen (secondary N) is 1. The average molecular weight is 694 g/mol. The molecule has 1 amide bonds. The predicted molar refractivity (Wildman–Crippen MR) is 220 cm³/mol. The molecule has 0 fully saturated rings. The van der Waals surface area contributed by atoms with Gasteiger partial charge >= 0.3 is 0 Å². The number of allylic oxidation sites excluding steroid dienone is 14. The minimum atomic E-state index is -0.688. The van der Waals surface area contributed by atoms with Gasteiger partial charge in [-0.15, -0.1) is 0 Å². The zero-order chi connectivity index (χ0) is 36.4. The van der Waals surface area contributed by atoms with Crippen molar-refractivity contribution in [1.82, 2.24) is 5.32 Å². The normalized spacial score (nSPS) is 13.9. The fourth-order valence-electron chi connectivity index (χ4n) is 5.76. The van der Waals surface area contributed by atoms with Gasteiger partial charge in [-0.1, -0.05) is 195 Å². The first-order chi connectivity index (χ1) is 24.7. The van der Waals surface area contributed by atoms with Gasteiger partial charge in [0.15, 0.2) is 0 Å². The summed E-state index contributed by atoms with van der Waals surface area (Å²) in [6.45, 7) is 4.21. The number of hydrogen-bond acceptors (Lipinski definition) is 3. The van der Waals surface area contributed by atoms with Crippen molar-refractivity contribution in [2.24, 2.45) is 0 Å². The molecular formula is C46H79NO3. The summed E-state index contributed by atoms with van der Waals surface area (Å²) < 4.78 is 0. The number of carbonyl (C=O) groups is 1. The minimum Gasteiger partial charge on any atom is -0.394 e. The maximum absolute atomic E-state index is 12.4. The lowest BCUT2D eigenvalue weighted by atomic mass is 10.0. The number of unbranched alkanes of at least 4 members (excludes halogenated alkanes) is 15. The Morgan fingerprint density at radius 2 is 0.860 bits per heavy atom. The Morgan fingerprint density at radius 3 is 1.24 bits per heavy atom. The number of carbonyl (C=O) groups excluding carboxylic acids is 1. The van der Waals surface area contributed by atoms with E-state index in [1.54, 1.807) is 0 Å². The molecule has 0 heterocycles. The van der Waals surface area contributed by atoms with Gasteiger partial charge in [-0.25, -0.2) is 0 Å². The van der Waals surface area contributed by atoms with Crippen molar-refractivity contribution in [3.8, 4) is 0 Å². The Kier molecular flexibility index (Phi) is 39.0. The van der Waals surface area contributed by atoms with E-state index in [-0.39, 0.29) is 12.5 Å². The molecule has 4 heteroatoms. The molecule has 2 unspecified atom stereocenters. The van der Waals surface area contributed by atoms with Crippen LogP contribution in [0.3, 0.4) is 0 Å². The summed E-state index contributed by atoms with van der Waals surface area (Å²) in [4.78, 5) is 12.4. The number of aliphatic hydroxyl groups is 2. The Morgan fingerprint density at radius 1 is 0.500 bits per heavy atom. The molecule has 0 aromatic rings. The molecule has 0 bridgehead atoms. The van der Waals surface area contributed by atoms with Crippen molar-refractivity contribution in [2.75, 3.05) is 6.61 Å². The number of hydrogen-bond donors (Lipinski definition) is 3. The second-order valence-corrected chi connectivity index (χ2v) is 13.7. The lowest BCUT2D eigenvalue weighted by Gasteiger charge is -2.22. The number of amides is 1. The van der Waals surface area contributed by atoms with Crippen molar-refractivity contribution < 1.29 is 15.0 Å². The molecule has 0 aromatic carbocycles. The molecule has 4 nitrogen and oxygen atoms in total. The van der Waals surface area contributed by atoms with E-state index in [1.807, 2.05) is 0 Å². The van der Waals surface area contributed by atoms with E-state index < -0.39 is 12.1 Å². The second kappa shape index (κ2) is 41.0. The van der Waals surface area contributed by atoms with Gasteiger partial charge in [-0.05, 0) is 64.2 Å². The predicted octanol–water partition coefficient (Wildman–Crippen LogP) is 12.9. The highest BCUT2D eigenvalue weighted by atomic mass is 16.3. The van der Waals surface area contributed by atoms with Crippen LogP contribution in [0.15, 0.2) is 85.1 Å². The molecule has 0 rings (SSSR count). The van der Waals surface area contributed by atoms with Gasteiger partial charge in [0.05, 0.1) is 18.8 Å². The van der Waals surface area contributed by atoms with Crippen molar-refractivity contribution in [3.63, 3.8) is 0 Å². The molecule has 0 spiro atoms. The monoisotopic (exact) mass is 694 g/mol. The Labute approximate surface area is 310 Å². The third-order valence-corrected chi connectivity index (χ3v) is 8.92. The highest BCUT2D eigenvalue weighted by molar-refractivity contribution is 5.76. The molecule has 0 aliphatic carbocycles.